The Bertz CT molecular complexity index is 1100. The van der Waals surface area contributed by atoms with Gasteiger partial charge in [-0.25, -0.2) is 0 Å². The highest BCUT2D eigenvalue weighted by Gasteiger charge is 2.19. The SMILES string of the molecule is Cc1cc(N2CCN(CC(=O)Nc3ccc4[nH]c(=O)ccc4c3)CC2)ccc1Cl. The Labute approximate surface area is 174 Å². The van der Waals surface area contributed by atoms with Crippen LogP contribution in [0.5, 0.6) is 0 Å². The fourth-order valence-corrected chi connectivity index (χ4v) is 3.74. The monoisotopic (exact) mass is 410 g/mol. The molecule has 1 amide bonds. The summed E-state index contributed by atoms with van der Waals surface area (Å²) < 4.78 is 0. The highest BCUT2D eigenvalue weighted by Crippen LogP contribution is 2.23. The molecular weight excluding hydrogens is 388 g/mol. The van der Waals surface area contributed by atoms with Crippen molar-refractivity contribution in [2.75, 3.05) is 42.9 Å². The van der Waals surface area contributed by atoms with Gasteiger partial charge < -0.3 is 15.2 Å². The predicted molar refractivity (Wildman–Crippen MR) is 118 cm³/mol. The summed E-state index contributed by atoms with van der Waals surface area (Å²) in [5, 5.41) is 4.62. The Morgan fingerprint density at radius 1 is 1.07 bits per heavy atom. The molecule has 2 aromatic carbocycles. The van der Waals surface area contributed by atoms with Crippen molar-refractivity contribution in [1.82, 2.24) is 9.88 Å². The van der Waals surface area contributed by atoms with Crippen molar-refractivity contribution in [3.05, 3.63) is 69.5 Å². The number of carbonyl (C=O) groups is 1. The largest absolute Gasteiger partial charge is 0.369 e. The number of anilines is 2. The second-order valence-electron chi connectivity index (χ2n) is 7.37. The van der Waals surface area contributed by atoms with Crippen LogP contribution in [0.3, 0.4) is 0 Å². The molecule has 0 spiro atoms. The summed E-state index contributed by atoms with van der Waals surface area (Å²) in [6.07, 6.45) is 0. The van der Waals surface area contributed by atoms with Gasteiger partial charge in [-0.3, -0.25) is 14.5 Å². The van der Waals surface area contributed by atoms with Gasteiger partial charge in [-0.1, -0.05) is 11.6 Å². The molecule has 1 aliphatic rings. The molecule has 0 aliphatic carbocycles. The standard InChI is InChI=1S/C22H23ClN4O2/c1-15-12-18(4-5-19(15)23)27-10-8-26(9-11-27)14-22(29)24-17-3-6-20-16(13-17)2-7-21(28)25-20/h2-7,12-13H,8-11,14H2,1H3,(H,24,29)(H,25,28). The van der Waals surface area contributed by atoms with E-state index in [1.165, 1.54) is 11.8 Å². The van der Waals surface area contributed by atoms with Gasteiger partial charge in [0.1, 0.15) is 0 Å². The Morgan fingerprint density at radius 2 is 1.86 bits per heavy atom. The molecule has 150 valence electrons. The van der Waals surface area contributed by atoms with Crippen LogP contribution in [0.2, 0.25) is 5.02 Å². The zero-order valence-corrected chi connectivity index (χ0v) is 17.0. The zero-order chi connectivity index (χ0) is 20.4. The number of H-pyrrole nitrogens is 1. The summed E-state index contributed by atoms with van der Waals surface area (Å²) in [6, 6.07) is 14.8. The minimum absolute atomic E-state index is 0.0374. The maximum absolute atomic E-state index is 12.5. The van der Waals surface area contributed by atoms with Crippen LogP contribution in [0, 0.1) is 6.92 Å². The van der Waals surface area contributed by atoms with Gasteiger partial charge in [-0.05, 0) is 55.0 Å². The molecule has 1 saturated heterocycles. The third kappa shape index (κ3) is 4.60. The number of carbonyl (C=O) groups excluding carboxylic acids is 1. The minimum Gasteiger partial charge on any atom is -0.369 e. The number of aromatic amines is 1. The van der Waals surface area contributed by atoms with Crippen molar-refractivity contribution in [3.8, 4) is 0 Å². The number of rotatable bonds is 4. The number of benzene rings is 2. The van der Waals surface area contributed by atoms with E-state index < -0.39 is 0 Å². The lowest BCUT2D eigenvalue weighted by atomic mass is 10.2. The zero-order valence-electron chi connectivity index (χ0n) is 16.2. The number of nitrogens with one attached hydrogen (secondary N) is 2. The van der Waals surface area contributed by atoms with Crippen molar-refractivity contribution in [1.29, 1.82) is 0 Å². The molecule has 2 heterocycles. The van der Waals surface area contributed by atoms with Gasteiger partial charge >= 0.3 is 0 Å². The molecule has 0 unspecified atom stereocenters. The van der Waals surface area contributed by atoms with Crippen molar-refractivity contribution in [3.63, 3.8) is 0 Å². The van der Waals surface area contributed by atoms with Gasteiger partial charge in [0.25, 0.3) is 0 Å². The van der Waals surface area contributed by atoms with Crippen molar-refractivity contribution >= 4 is 39.8 Å². The fourth-order valence-electron chi connectivity index (χ4n) is 3.63. The van der Waals surface area contributed by atoms with Crippen LogP contribution in [0.15, 0.2) is 53.3 Å². The summed E-state index contributed by atoms with van der Waals surface area (Å²) in [4.78, 5) is 31.1. The number of halogens is 1. The average molecular weight is 411 g/mol. The number of aromatic nitrogens is 1. The highest BCUT2D eigenvalue weighted by atomic mass is 35.5. The third-order valence-corrected chi connectivity index (χ3v) is 5.68. The number of amides is 1. The Hall–Kier alpha value is -2.83. The molecule has 1 aliphatic heterocycles. The number of aryl methyl sites for hydroxylation is 1. The summed E-state index contributed by atoms with van der Waals surface area (Å²) in [7, 11) is 0. The minimum atomic E-state index is -0.137. The van der Waals surface area contributed by atoms with Gasteiger partial charge in [0.2, 0.25) is 11.5 Å². The second-order valence-corrected chi connectivity index (χ2v) is 7.78. The third-order valence-electron chi connectivity index (χ3n) is 5.25. The van der Waals surface area contributed by atoms with E-state index in [0.717, 1.165) is 53.4 Å². The molecular formula is C22H23ClN4O2. The summed E-state index contributed by atoms with van der Waals surface area (Å²) in [5.41, 5.74) is 3.59. The van der Waals surface area contributed by atoms with Crippen molar-refractivity contribution in [2.24, 2.45) is 0 Å². The van der Waals surface area contributed by atoms with Crippen LogP contribution in [0.4, 0.5) is 11.4 Å². The van der Waals surface area contributed by atoms with Gasteiger partial charge in [0.15, 0.2) is 0 Å². The number of pyridine rings is 1. The van der Waals surface area contributed by atoms with Gasteiger partial charge in [-0.2, -0.15) is 0 Å². The van der Waals surface area contributed by atoms with E-state index in [9.17, 15) is 9.59 Å². The first-order valence-electron chi connectivity index (χ1n) is 9.64. The van der Waals surface area contributed by atoms with Crippen molar-refractivity contribution in [2.45, 2.75) is 6.92 Å². The molecule has 0 saturated carbocycles. The lowest BCUT2D eigenvalue weighted by Crippen LogP contribution is -2.48. The molecule has 1 fully saturated rings. The Balaban J connectivity index is 1.32. The number of nitrogens with zero attached hydrogens (tertiary/aromatic N) is 2. The van der Waals surface area contributed by atoms with E-state index in [4.69, 9.17) is 11.6 Å². The van der Waals surface area contributed by atoms with Crippen LogP contribution >= 0.6 is 11.6 Å². The highest BCUT2D eigenvalue weighted by molar-refractivity contribution is 6.31. The molecule has 7 heteroatoms. The van der Waals surface area contributed by atoms with Gasteiger partial charge in [0, 0.05) is 59.5 Å². The lowest BCUT2D eigenvalue weighted by Gasteiger charge is -2.35. The normalized spacial score (nSPS) is 14.9. The summed E-state index contributed by atoms with van der Waals surface area (Å²) in [5.74, 6) is -0.0374. The quantitative estimate of drug-likeness (QED) is 0.692. The van der Waals surface area contributed by atoms with E-state index in [0.29, 0.717) is 6.54 Å². The molecule has 0 atom stereocenters. The lowest BCUT2D eigenvalue weighted by molar-refractivity contribution is -0.117. The molecule has 0 radical (unpaired) electrons. The molecule has 4 rings (SSSR count). The van der Waals surface area contributed by atoms with E-state index in [2.05, 4.69) is 26.2 Å². The van der Waals surface area contributed by atoms with Crippen LogP contribution in [-0.2, 0) is 4.79 Å². The Kier molecular flexibility index (Phi) is 5.56. The maximum Gasteiger partial charge on any atom is 0.248 e. The van der Waals surface area contributed by atoms with E-state index in [1.54, 1.807) is 18.2 Å². The van der Waals surface area contributed by atoms with Gasteiger partial charge in [-0.15, -0.1) is 0 Å². The van der Waals surface area contributed by atoms with Crippen LogP contribution in [0.1, 0.15) is 5.56 Å². The van der Waals surface area contributed by atoms with Gasteiger partial charge in [0.05, 0.1) is 6.54 Å². The van der Waals surface area contributed by atoms with Crippen LogP contribution in [-0.4, -0.2) is 48.5 Å². The van der Waals surface area contributed by atoms with Crippen LogP contribution < -0.4 is 15.8 Å². The van der Waals surface area contributed by atoms with Crippen molar-refractivity contribution < 1.29 is 4.79 Å². The Morgan fingerprint density at radius 3 is 2.62 bits per heavy atom. The molecule has 1 aromatic heterocycles. The second kappa shape index (κ2) is 8.27. The number of fused-ring (bicyclic) bond motifs is 1. The summed E-state index contributed by atoms with van der Waals surface area (Å²) in [6.45, 7) is 5.77. The first kappa shape index (κ1) is 19.5. The summed E-state index contributed by atoms with van der Waals surface area (Å²) >= 11 is 6.12. The molecule has 6 nitrogen and oxygen atoms in total. The number of piperazine rings is 1. The number of hydrogen-bond acceptors (Lipinski definition) is 4. The molecule has 0 bridgehead atoms. The first-order chi connectivity index (χ1) is 14.0. The molecule has 29 heavy (non-hydrogen) atoms. The topological polar surface area (TPSA) is 68.4 Å². The molecule has 2 N–H and O–H groups in total. The van der Waals surface area contributed by atoms with E-state index in [-0.39, 0.29) is 11.5 Å². The van der Waals surface area contributed by atoms with E-state index in [1.807, 2.05) is 25.1 Å². The predicted octanol–water partition coefficient (Wildman–Crippen LogP) is 3.25. The van der Waals surface area contributed by atoms with E-state index >= 15 is 0 Å². The molecule has 3 aromatic rings. The smallest absolute Gasteiger partial charge is 0.248 e. The fraction of sp³-hybridized carbons (Fsp3) is 0.273. The first-order valence-corrected chi connectivity index (χ1v) is 10.0. The number of hydrogen-bond donors (Lipinski definition) is 2. The maximum atomic E-state index is 12.5. The average Bonchev–Trinajstić information content (AvgIpc) is 2.71. The van der Waals surface area contributed by atoms with Crippen LogP contribution in [0.25, 0.3) is 10.9 Å².